The van der Waals surface area contributed by atoms with Crippen LogP contribution in [-0.4, -0.2) is 12.4 Å². The topological polar surface area (TPSA) is 26.3 Å². The van der Waals surface area contributed by atoms with Crippen molar-refractivity contribution in [3.8, 4) is 5.75 Å². The van der Waals surface area contributed by atoms with Gasteiger partial charge in [0.2, 0.25) is 0 Å². The van der Waals surface area contributed by atoms with Crippen LogP contribution in [0, 0.1) is 0 Å². The molecule has 2 aliphatic rings. The molecule has 74 valence electrons. The van der Waals surface area contributed by atoms with Crippen molar-refractivity contribution in [3.63, 3.8) is 0 Å². The highest BCUT2D eigenvalue weighted by Crippen LogP contribution is 2.30. The van der Waals surface area contributed by atoms with Crippen molar-refractivity contribution in [2.45, 2.75) is 6.42 Å². The standard InChI is InChI=1S/C13H10O2/c14-12-5-4-11-6-9-2-1-3-10(9)7-13(11)15-8-12/h1,3-7H,2,8H2. The number of allylic oxidation sites excluding steroid dienone is 1. The van der Waals surface area contributed by atoms with E-state index in [1.165, 1.54) is 11.1 Å². The van der Waals surface area contributed by atoms with Crippen LogP contribution in [0.15, 0.2) is 24.3 Å². The van der Waals surface area contributed by atoms with Gasteiger partial charge in [-0.3, -0.25) is 4.79 Å². The van der Waals surface area contributed by atoms with Crippen LogP contribution in [-0.2, 0) is 11.2 Å². The molecule has 0 amide bonds. The summed E-state index contributed by atoms with van der Waals surface area (Å²) in [4.78, 5) is 11.2. The molecule has 0 spiro atoms. The van der Waals surface area contributed by atoms with Crippen LogP contribution in [0.3, 0.4) is 0 Å². The van der Waals surface area contributed by atoms with Gasteiger partial charge in [-0.2, -0.15) is 0 Å². The fourth-order valence-corrected chi connectivity index (χ4v) is 1.94. The van der Waals surface area contributed by atoms with Crippen molar-refractivity contribution in [2.75, 3.05) is 6.61 Å². The first-order chi connectivity index (χ1) is 7.33. The zero-order valence-corrected chi connectivity index (χ0v) is 8.19. The average molecular weight is 198 g/mol. The summed E-state index contributed by atoms with van der Waals surface area (Å²) < 4.78 is 5.44. The molecule has 0 saturated heterocycles. The SMILES string of the molecule is O=C1C=Cc2cc3c(cc2OC1)C=CC3. The van der Waals surface area contributed by atoms with Crippen LogP contribution < -0.4 is 4.74 Å². The van der Waals surface area contributed by atoms with E-state index in [9.17, 15) is 4.79 Å². The molecule has 1 aliphatic carbocycles. The second-order valence-corrected chi connectivity index (χ2v) is 3.78. The Bertz CT molecular complexity index is 496. The van der Waals surface area contributed by atoms with E-state index >= 15 is 0 Å². The van der Waals surface area contributed by atoms with Crippen LogP contribution in [0.1, 0.15) is 16.7 Å². The molecule has 0 radical (unpaired) electrons. The van der Waals surface area contributed by atoms with E-state index < -0.39 is 0 Å². The molecule has 0 saturated carbocycles. The van der Waals surface area contributed by atoms with Crippen LogP contribution in [0.25, 0.3) is 12.2 Å². The van der Waals surface area contributed by atoms with E-state index in [4.69, 9.17) is 4.74 Å². The van der Waals surface area contributed by atoms with Gasteiger partial charge in [0, 0.05) is 5.56 Å². The first-order valence-corrected chi connectivity index (χ1v) is 5.00. The number of ether oxygens (including phenoxy) is 1. The van der Waals surface area contributed by atoms with E-state index in [2.05, 4.69) is 18.2 Å². The lowest BCUT2D eigenvalue weighted by Gasteiger charge is -2.08. The molecule has 1 aromatic rings. The molecule has 3 rings (SSSR count). The predicted molar refractivity (Wildman–Crippen MR) is 58.7 cm³/mol. The van der Waals surface area contributed by atoms with Gasteiger partial charge >= 0.3 is 0 Å². The molecule has 1 heterocycles. The van der Waals surface area contributed by atoms with E-state index in [0.717, 1.165) is 17.7 Å². The van der Waals surface area contributed by atoms with E-state index in [0.29, 0.717) is 0 Å². The smallest absolute Gasteiger partial charge is 0.193 e. The number of hydrogen-bond acceptors (Lipinski definition) is 2. The highest BCUT2D eigenvalue weighted by molar-refractivity contribution is 5.96. The molecule has 2 heteroatoms. The summed E-state index contributed by atoms with van der Waals surface area (Å²) in [6.07, 6.45) is 8.63. The van der Waals surface area contributed by atoms with Gasteiger partial charge in [0.15, 0.2) is 12.4 Å². The zero-order valence-electron chi connectivity index (χ0n) is 8.19. The second kappa shape index (κ2) is 3.09. The summed E-state index contributed by atoms with van der Waals surface area (Å²) in [6.45, 7) is 0.145. The Labute approximate surface area is 87.9 Å². The fourth-order valence-electron chi connectivity index (χ4n) is 1.94. The third-order valence-electron chi connectivity index (χ3n) is 2.73. The Hall–Kier alpha value is -1.83. The van der Waals surface area contributed by atoms with Gasteiger partial charge in [0.25, 0.3) is 0 Å². The average Bonchev–Trinajstić information content (AvgIpc) is 2.61. The van der Waals surface area contributed by atoms with Gasteiger partial charge in [0.05, 0.1) is 0 Å². The van der Waals surface area contributed by atoms with Crippen molar-refractivity contribution in [2.24, 2.45) is 0 Å². The lowest BCUT2D eigenvalue weighted by molar-refractivity contribution is -0.116. The third-order valence-corrected chi connectivity index (χ3v) is 2.73. The largest absolute Gasteiger partial charge is 0.485 e. The summed E-state index contributed by atoms with van der Waals surface area (Å²) in [5, 5.41) is 0. The Morgan fingerprint density at radius 3 is 2.93 bits per heavy atom. The molecule has 0 bridgehead atoms. The molecular formula is C13H10O2. The molecule has 2 nitrogen and oxygen atoms in total. The summed E-state index contributed by atoms with van der Waals surface area (Å²) >= 11 is 0. The second-order valence-electron chi connectivity index (χ2n) is 3.78. The maximum Gasteiger partial charge on any atom is 0.193 e. The van der Waals surface area contributed by atoms with Crippen molar-refractivity contribution in [1.82, 2.24) is 0 Å². The number of carbonyl (C=O) groups excluding carboxylic acids is 1. The lowest BCUT2D eigenvalue weighted by Crippen LogP contribution is -2.06. The van der Waals surface area contributed by atoms with Crippen molar-refractivity contribution >= 4 is 17.9 Å². The van der Waals surface area contributed by atoms with Crippen LogP contribution in [0.5, 0.6) is 5.75 Å². The molecular weight excluding hydrogens is 188 g/mol. The van der Waals surface area contributed by atoms with Crippen LogP contribution >= 0.6 is 0 Å². The molecule has 0 unspecified atom stereocenters. The number of carbonyl (C=O) groups is 1. The quantitative estimate of drug-likeness (QED) is 0.639. The fraction of sp³-hybridized carbons (Fsp3) is 0.154. The van der Waals surface area contributed by atoms with Crippen molar-refractivity contribution in [3.05, 3.63) is 41.0 Å². The number of ketones is 1. The van der Waals surface area contributed by atoms with Crippen molar-refractivity contribution < 1.29 is 9.53 Å². The summed E-state index contributed by atoms with van der Waals surface area (Å²) in [5.41, 5.74) is 3.51. The Morgan fingerprint density at radius 2 is 2.00 bits per heavy atom. The molecule has 1 aromatic carbocycles. The Kier molecular flexibility index (Phi) is 1.75. The lowest BCUT2D eigenvalue weighted by atomic mass is 10.0. The summed E-state index contributed by atoms with van der Waals surface area (Å²) in [6, 6.07) is 4.11. The van der Waals surface area contributed by atoms with Crippen molar-refractivity contribution in [1.29, 1.82) is 0 Å². The molecule has 1 aliphatic heterocycles. The summed E-state index contributed by atoms with van der Waals surface area (Å²) in [7, 11) is 0. The van der Waals surface area contributed by atoms with Crippen LogP contribution in [0.2, 0.25) is 0 Å². The van der Waals surface area contributed by atoms with Gasteiger partial charge in [-0.15, -0.1) is 0 Å². The molecule has 0 N–H and O–H groups in total. The molecule has 15 heavy (non-hydrogen) atoms. The number of benzene rings is 1. The number of hydrogen-bond donors (Lipinski definition) is 0. The van der Waals surface area contributed by atoms with E-state index in [1.807, 2.05) is 12.1 Å². The number of rotatable bonds is 0. The molecule has 0 atom stereocenters. The van der Waals surface area contributed by atoms with E-state index in [1.54, 1.807) is 6.08 Å². The number of fused-ring (bicyclic) bond motifs is 2. The molecule has 0 fully saturated rings. The van der Waals surface area contributed by atoms with E-state index in [-0.39, 0.29) is 12.4 Å². The Morgan fingerprint density at radius 1 is 1.07 bits per heavy atom. The maximum absolute atomic E-state index is 11.2. The van der Waals surface area contributed by atoms with Gasteiger partial charge < -0.3 is 4.74 Å². The van der Waals surface area contributed by atoms with Gasteiger partial charge in [-0.1, -0.05) is 12.2 Å². The minimum Gasteiger partial charge on any atom is -0.485 e. The van der Waals surface area contributed by atoms with Crippen LogP contribution in [0.4, 0.5) is 0 Å². The minimum absolute atomic E-state index is 0.0156. The Balaban J connectivity index is 2.13. The monoisotopic (exact) mass is 198 g/mol. The normalized spacial score (nSPS) is 16.9. The third kappa shape index (κ3) is 1.38. The minimum atomic E-state index is 0.0156. The maximum atomic E-state index is 11.2. The van der Waals surface area contributed by atoms with Gasteiger partial charge in [-0.25, -0.2) is 0 Å². The zero-order chi connectivity index (χ0) is 10.3. The summed E-state index contributed by atoms with van der Waals surface area (Å²) in [5.74, 6) is 0.823. The first-order valence-electron chi connectivity index (χ1n) is 5.00. The highest BCUT2D eigenvalue weighted by Gasteiger charge is 2.13. The first kappa shape index (κ1) is 8.48. The highest BCUT2D eigenvalue weighted by atomic mass is 16.5. The molecule has 0 aromatic heterocycles. The predicted octanol–water partition coefficient (Wildman–Crippen LogP) is 2.23. The van der Waals surface area contributed by atoms with Gasteiger partial charge in [0.1, 0.15) is 5.75 Å². The van der Waals surface area contributed by atoms with Gasteiger partial charge in [-0.05, 0) is 41.8 Å².